The molecule has 2 fully saturated rings. The molecule has 0 spiro atoms. The Kier molecular flexibility index (Phi) is 6.93. The molecule has 6 heteroatoms. The minimum Gasteiger partial charge on any atom is -0.349 e. The number of hydrogen-bond acceptors (Lipinski definition) is 3. The minimum absolute atomic E-state index is 0.0851. The van der Waals surface area contributed by atoms with Crippen LogP contribution < -0.4 is 5.32 Å². The molecule has 27 heavy (non-hydrogen) atoms. The molecule has 0 bridgehead atoms. The Balaban J connectivity index is 1.69. The first-order valence-electron chi connectivity index (χ1n) is 10.4. The molecule has 0 aromatic heterocycles. The molecule has 1 aromatic carbocycles. The van der Waals surface area contributed by atoms with Gasteiger partial charge in [-0.3, -0.25) is 4.79 Å². The Labute approximate surface area is 163 Å². The number of carbonyl (C=O) groups excluding carboxylic acids is 1. The molecular formula is C21H32N2O3S. The molecule has 5 nitrogen and oxygen atoms in total. The number of nitrogens with one attached hydrogen (secondary N) is 1. The standard InChI is InChI=1S/C21H32N2O3S/c1-2-19-11-7-8-16-23(19)27(25,26)20-14-12-17(13-15-20)21(24)22-18-9-5-3-4-6-10-18/h12-15,18-19H,2-11,16H2,1H3,(H,22,24). The SMILES string of the molecule is CCC1CCCCN1S(=O)(=O)c1ccc(C(=O)NC2CCCCCC2)cc1. The van der Waals surface area contributed by atoms with Gasteiger partial charge in [0.25, 0.3) is 5.91 Å². The van der Waals surface area contributed by atoms with Crippen molar-refractivity contribution in [1.82, 2.24) is 9.62 Å². The summed E-state index contributed by atoms with van der Waals surface area (Å²) in [6.07, 6.45) is 10.6. The van der Waals surface area contributed by atoms with Crippen LogP contribution in [0.3, 0.4) is 0 Å². The average molecular weight is 393 g/mol. The molecule has 1 amide bonds. The van der Waals surface area contributed by atoms with Crippen LogP contribution in [0.5, 0.6) is 0 Å². The third kappa shape index (κ3) is 4.91. The normalized spacial score (nSPS) is 22.9. The van der Waals surface area contributed by atoms with Gasteiger partial charge < -0.3 is 5.32 Å². The van der Waals surface area contributed by atoms with Crippen molar-refractivity contribution >= 4 is 15.9 Å². The molecular weight excluding hydrogens is 360 g/mol. The number of sulfonamides is 1. The van der Waals surface area contributed by atoms with Crippen LogP contribution >= 0.6 is 0 Å². The summed E-state index contributed by atoms with van der Waals surface area (Å²) in [4.78, 5) is 12.8. The van der Waals surface area contributed by atoms with Crippen LogP contribution in [0, 0.1) is 0 Å². The van der Waals surface area contributed by atoms with Gasteiger partial charge in [0.15, 0.2) is 0 Å². The fourth-order valence-electron chi connectivity index (χ4n) is 4.30. The quantitative estimate of drug-likeness (QED) is 0.768. The smallest absolute Gasteiger partial charge is 0.251 e. The number of amides is 1. The second kappa shape index (κ2) is 9.20. The third-order valence-electron chi connectivity index (χ3n) is 5.96. The van der Waals surface area contributed by atoms with Gasteiger partial charge in [0.1, 0.15) is 0 Å². The minimum atomic E-state index is -3.50. The van der Waals surface area contributed by atoms with Crippen molar-refractivity contribution in [2.75, 3.05) is 6.54 Å². The topological polar surface area (TPSA) is 66.5 Å². The van der Waals surface area contributed by atoms with Crippen LogP contribution in [0.15, 0.2) is 29.2 Å². The zero-order valence-electron chi connectivity index (χ0n) is 16.3. The lowest BCUT2D eigenvalue weighted by Crippen LogP contribution is -2.43. The summed E-state index contributed by atoms with van der Waals surface area (Å²) in [5.74, 6) is -0.102. The summed E-state index contributed by atoms with van der Waals surface area (Å²) in [5, 5.41) is 3.11. The van der Waals surface area contributed by atoms with Gasteiger partial charge >= 0.3 is 0 Å². The highest BCUT2D eigenvalue weighted by atomic mass is 32.2. The molecule has 1 saturated heterocycles. The van der Waals surface area contributed by atoms with E-state index in [0.717, 1.165) is 51.4 Å². The molecule has 1 saturated carbocycles. The molecule has 1 N–H and O–H groups in total. The highest BCUT2D eigenvalue weighted by Gasteiger charge is 2.32. The maximum absolute atomic E-state index is 13.0. The second-order valence-corrected chi connectivity index (χ2v) is 9.75. The number of hydrogen-bond donors (Lipinski definition) is 1. The van der Waals surface area contributed by atoms with Crippen LogP contribution in [-0.2, 0) is 10.0 Å². The lowest BCUT2D eigenvalue weighted by Gasteiger charge is -2.34. The zero-order chi connectivity index (χ0) is 19.3. The molecule has 1 unspecified atom stereocenters. The molecule has 1 aliphatic carbocycles. The number of carbonyl (C=O) groups is 1. The van der Waals surface area contributed by atoms with Gasteiger partial charge in [0.05, 0.1) is 4.90 Å². The molecule has 0 radical (unpaired) electrons. The summed E-state index contributed by atoms with van der Waals surface area (Å²) in [6.45, 7) is 2.63. The summed E-state index contributed by atoms with van der Waals surface area (Å²) >= 11 is 0. The van der Waals surface area contributed by atoms with Gasteiger partial charge in [-0.15, -0.1) is 0 Å². The summed E-state index contributed by atoms with van der Waals surface area (Å²) < 4.78 is 27.7. The maximum Gasteiger partial charge on any atom is 0.251 e. The summed E-state index contributed by atoms with van der Waals surface area (Å²) in [5.41, 5.74) is 0.531. The van der Waals surface area contributed by atoms with Crippen molar-refractivity contribution in [3.05, 3.63) is 29.8 Å². The zero-order valence-corrected chi connectivity index (χ0v) is 17.1. The van der Waals surface area contributed by atoms with Crippen molar-refractivity contribution in [3.8, 4) is 0 Å². The van der Waals surface area contributed by atoms with Gasteiger partial charge in [-0.2, -0.15) is 4.31 Å². The van der Waals surface area contributed by atoms with E-state index in [2.05, 4.69) is 5.32 Å². The first kappa shape index (κ1) is 20.3. The van der Waals surface area contributed by atoms with Gasteiger partial charge in [0.2, 0.25) is 10.0 Å². The number of rotatable bonds is 5. The van der Waals surface area contributed by atoms with Gasteiger partial charge in [-0.05, 0) is 56.4 Å². The lowest BCUT2D eigenvalue weighted by molar-refractivity contribution is 0.0933. The first-order valence-corrected chi connectivity index (χ1v) is 11.9. The Morgan fingerprint density at radius 1 is 1.00 bits per heavy atom. The summed E-state index contributed by atoms with van der Waals surface area (Å²) in [7, 11) is -3.50. The number of benzene rings is 1. The van der Waals surface area contributed by atoms with E-state index in [-0.39, 0.29) is 22.9 Å². The predicted molar refractivity (Wildman–Crippen MR) is 107 cm³/mol. The van der Waals surface area contributed by atoms with Crippen molar-refractivity contribution in [1.29, 1.82) is 0 Å². The van der Waals surface area contributed by atoms with Crippen molar-refractivity contribution in [3.63, 3.8) is 0 Å². The van der Waals surface area contributed by atoms with Crippen LogP contribution in [-0.4, -0.2) is 37.3 Å². The van der Waals surface area contributed by atoms with Gasteiger partial charge in [0, 0.05) is 24.2 Å². The summed E-state index contributed by atoms with van der Waals surface area (Å²) in [6, 6.07) is 6.77. The van der Waals surface area contributed by atoms with Crippen molar-refractivity contribution < 1.29 is 13.2 Å². The monoisotopic (exact) mass is 392 g/mol. The molecule has 1 heterocycles. The predicted octanol–water partition coefficient (Wildman–Crippen LogP) is 4.09. The van der Waals surface area contributed by atoms with E-state index in [1.165, 1.54) is 12.8 Å². The molecule has 1 aromatic rings. The van der Waals surface area contributed by atoms with Gasteiger partial charge in [-0.25, -0.2) is 8.42 Å². The largest absolute Gasteiger partial charge is 0.349 e. The molecule has 1 aliphatic heterocycles. The Bertz CT molecular complexity index is 722. The van der Waals surface area contributed by atoms with E-state index < -0.39 is 10.0 Å². The third-order valence-corrected chi connectivity index (χ3v) is 7.92. The lowest BCUT2D eigenvalue weighted by atomic mass is 10.0. The highest BCUT2D eigenvalue weighted by molar-refractivity contribution is 7.89. The fourth-order valence-corrected chi connectivity index (χ4v) is 6.07. The number of nitrogens with zero attached hydrogens (tertiary/aromatic N) is 1. The van der Waals surface area contributed by atoms with E-state index in [1.807, 2.05) is 6.92 Å². The Hall–Kier alpha value is -1.40. The molecule has 150 valence electrons. The van der Waals surface area contributed by atoms with E-state index in [9.17, 15) is 13.2 Å². The van der Waals surface area contributed by atoms with Crippen LogP contribution in [0.4, 0.5) is 0 Å². The highest BCUT2D eigenvalue weighted by Crippen LogP contribution is 2.27. The second-order valence-electron chi connectivity index (χ2n) is 7.86. The Morgan fingerprint density at radius 3 is 2.26 bits per heavy atom. The molecule has 2 aliphatic rings. The Morgan fingerprint density at radius 2 is 1.63 bits per heavy atom. The van der Waals surface area contributed by atoms with Crippen molar-refractivity contribution in [2.45, 2.75) is 88.1 Å². The number of piperidine rings is 1. The molecule has 3 rings (SSSR count). The molecule has 1 atom stereocenters. The fraction of sp³-hybridized carbons (Fsp3) is 0.667. The van der Waals surface area contributed by atoms with E-state index >= 15 is 0 Å². The van der Waals surface area contributed by atoms with Crippen molar-refractivity contribution in [2.24, 2.45) is 0 Å². The first-order chi connectivity index (χ1) is 13.0. The van der Waals surface area contributed by atoms with Crippen LogP contribution in [0.1, 0.15) is 81.5 Å². The maximum atomic E-state index is 13.0. The van der Waals surface area contributed by atoms with Crippen LogP contribution in [0.2, 0.25) is 0 Å². The average Bonchev–Trinajstić information content (AvgIpc) is 2.96. The van der Waals surface area contributed by atoms with Crippen LogP contribution in [0.25, 0.3) is 0 Å². The van der Waals surface area contributed by atoms with Gasteiger partial charge in [-0.1, -0.05) is 39.0 Å². The van der Waals surface area contributed by atoms with E-state index in [0.29, 0.717) is 12.1 Å². The van der Waals surface area contributed by atoms with E-state index in [1.54, 1.807) is 28.6 Å². The van der Waals surface area contributed by atoms with E-state index in [4.69, 9.17) is 0 Å².